The molecule has 2 aliphatic heterocycles. The molecule has 0 unspecified atom stereocenters. The van der Waals surface area contributed by atoms with Crippen molar-refractivity contribution in [3.63, 3.8) is 0 Å². The molecule has 1 spiro atoms. The van der Waals surface area contributed by atoms with Crippen molar-refractivity contribution in [2.45, 2.75) is 25.9 Å². The van der Waals surface area contributed by atoms with Crippen molar-refractivity contribution in [2.24, 2.45) is 0 Å². The zero-order valence-electron chi connectivity index (χ0n) is 18.1. The lowest BCUT2D eigenvalue weighted by Gasteiger charge is -2.37. The van der Waals surface area contributed by atoms with Crippen LogP contribution in [0.1, 0.15) is 31.4 Å². The molecule has 4 rings (SSSR count). The molecule has 0 saturated carbocycles. The highest BCUT2D eigenvalue weighted by molar-refractivity contribution is 5.98. The molecule has 0 aromatic heterocycles. The summed E-state index contributed by atoms with van der Waals surface area (Å²) in [6, 6.07) is 9.28. The van der Waals surface area contributed by atoms with Gasteiger partial charge in [0.15, 0.2) is 5.60 Å². The lowest BCUT2D eigenvalue weighted by atomic mass is 9.77. The molecule has 0 aliphatic carbocycles. The van der Waals surface area contributed by atoms with E-state index in [9.17, 15) is 19.8 Å². The van der Waals surface area contributed by atoms with Gasteiger partial charge in [-0.3, -0.25) is 4.79 Å². The molecule has 0 saturated heterocycles. The van der Waals surface area contributed by atoms with Crippen molar-refractivity contribution in [3.8, 4) is 23.0 Å². The van der Waals surface area contributed by atoms with E-state index in [0.717, 1.165) is 0 Å². The zero-order chi connectivity index (χ0) is 23.5. The van der Waals surface area contributed by atoms with Crippen LogP contribution >= 0.6 is 0 Å². The summed E-state index contributed by atoms with van der Waals surface area (Å²) in [4.78, 5) is 22.7. The number of carbonyl (C=O) groups excluding carboxylic acids is 2. The first kappa shape index (κ1) is 22.7. The number of fused-ring (bicyclic) bond motifs is 4. The largest absolute Gasteiger partial charge is 0.508 e. The van der Waals surface area contributed by atoms with Gasteiger partial charge in [-0.25, -0.2) is 4.79 Å². The lowest BCUT2D eigenvalue weighted by molar-refractivity contribution is -0.144. The molecule has 0 atom stereocenters. The fraction of sp³-hybridized carbons (Fsp3) is 0.200. The van der Waals surface area contributed by atoms with Crippen molar-refractivity contribution in [1.29, 1.82) is 0 Å². The average Bonchev–Trinajstić information content (AvgIpc) is 3.05. The number of carbonyl (C=O) groups is 2. The number of benzene rings is 2. The van der Waals surface area contributed by atoms with Crippen molar-refractivity contribution in [3.05, 3.63) is 83.5 Å². The molecule has 2 aromatic rings. The number of esters is 1. The minimum atomic E-state index is -1.24. The first-order chi connectivity index (χ1) is 15.3. The monoisotopic (exact) mass is 435 g/mol. The molecular weight excluding hydrogens is 410 g/mol. The first-order valence-corrected chi connectivity index (χ1v) is 10.1. The predicted molar refractivity (Wildman–Crippen MR) is 120 cm³/mol. The van der Waals surface area contributed by atoms with Crippen LogP contribution in [0.5, 0.6) is 23.0 Å². The highest BCUT2D eigenvalue weighted by Gasteiger charge is 2.53. The Morgan fingerprint density at radius 1 is 1.12 bits per heavy atom. The van der Waals surface area contributed by atoms with Gasteiger partial charge in [0.05, 0.1) is 5.57 Å². The predicted octanol–water partition coefficient (Wildman–Crippen LogP) is 4.21. The molecule has 2 aliphatic rings. The Kier molecular flexibility index (Phi) is 6.39. The number of amides is 1. The van der Waals surface area contributed by atoms with Gasteiger partial charge in [-0.1, -0.05) is 31.7 Å². The number of phenolic OH excluding ortho intramolecular Hbond substituents is 2. The van der Waals surface area contributed by atoms with Gasteiger partial charge in [0, 0.05) is 42.3 Å². The third kappa shape index (κ3) is 3.73. The Balaban J connectivity index is 0.000000427. The highest BCUT2D eigenvalue weighted by atomic mass is 16.6. The summed E-state index contributed by atoms with van der Waals surface area (Å²) < 4.78 is 11.8. The first-order valence-electron chi connectivity index (χ1n) is 10.1. The minimum absolute atomic E-state index is 0.0207. The van der Waals surface area contributed by atoms with Gasteiger partial charge in [0.25, 0.3) is 0 Å². The SMILES string of the molecule is C=CC1=C(/C=C\C)C2(OC1=O)c1ccc(O)cc1Oc1cc(O)ccc12.CCC(=O)NC. The van der Waals surface area contributed by atoms with Crippen molar-refractivity contribution < 1.29 is 29.3 Å². The third-order valence-corrected chi connectivity index (χ3v) is 5.18. The van der Waals surface area contributed by atoms with Crippen LogP contribution < -0.4 is 10.1 Å². The van der Waals surface area contributed by atoms with E-state index >= 15 is 0 Å². The number of aromatic hydroxyl groups is 2. The van der Waals surface area contributed by atoms with Crippen molar-refractivity contribution >= 4 is 11.9 Å². The van der Waals surface area contributed by atoms with Gasteiger partial charge in [0.1, 0.15) is 23.0 Å². The number of hydrogen-bond donors (Lipinski definition) is 3. The average molecular weight is 435 g/mol. The molecule has 32 heavy (non-hydrogen) atoms. The van der Waals surface area contributed by atoms with Crippen LogP contribution in [0.3, 0.4) is 0 Å². The van der Waals surface area contributed by atoms with E-state index in [0.29, 0.717) is 40.2 Å². The fourth-order valence-corrected chi connectivity index (χ4v) is 3.73. The maximum absolute atomic E-state index is 12.6. The molecule has 166 valence electrons. The summed E-state index contributed by atoms with van der Waals surface area (Å²) >= 11 is 0. The molecule has 0 fully saturated rings. The van der Waals surface area contributed by atoms with Crippen LogP contribution in [-0.4, -0.2) is 29.1 Å². The number of hydrogen-bond acceptors (Lipinski definition) is 6. The van der Waals surface area contributed by atoms with Crippen LogP contribution in [0.15, 0.2) is 72.4 Å². The number of rotatable bonds is 3. The van der Waals surface area contributed by atoms with Gasteiger partial charge in [-0.2, -0.15) is 0 Å². The number of phenols is 2. The molecule has 1 amide bonds. The van der Waals surface area contributed by atoms with Gasteiger partial charge >= 0.3 is 5.97 Å². The Morgan fingerprint density at radius 3 is 2.09 bits per heavy atom. The highest BCUT2D eigenvalue weighted by Crippen LogP contribution is 2.57. The molecule has 7 heteroatoms. The van der Waals surface area contributed by atoms with Gasteiger partial charge < -0.3 is 25.0 Å². The van der Waals surface area contributed by atoms with Gasteiger partial charge in [-0.05, 0) is 31.2 Å². The van der Waals surface area contributed by atoms with Crippen molar-refractivity contribution in [1.82, 2.24) is 5.32 Å². The van der Waals surface area contributed by atoms with Gasteiger partial charge in [-0.15, -0.1) is 0 Å². The van der Waals surface area contributed by atoms with Gasteiger partial charge in [0.2, 0.25) is 5.91 Å². The van der Waals surface area contributed by atoms with E-state index in [2.05, 4.69) is 11.9 Å². The Hall–Kier alpha value is -4.00. The fourth-order valence-electron chi connectivity index (χ4n) is 3.73. The maximum atomic E-state index is 12.6. The zero-order valence-corrected chi connectivity index (χ0v) is 18.1. The van der Waals surface area contributed by atoms with E-state index in [1.165, 1.54) is 30.3 Å². The second-order valence-corrected chi connectivity index (χ2v) is 7.09. The Labute approximate surface area is 186 Å². The Morgan fingerprint density at radius 2 is 1.69 bits per heavy atom. The maximum Gasteiger partial charge on any atom is 0.340 e. The van der Waals surface area contributed by atoms with Crippen LogP contribution in [0, 0.1) is 0 Å². The molecule has 2 aromatic carbocycles. The third-order valence-electron chi connectivity index (χ3n) is 5.18. The second-order valence-electron chi connectivity index (χ2n) is 7.09. The summed E-state index contributed by atoms with van der Waals surface area (Å²) in [5.41, 5.74) is 0.932. The number of allylic oxidation sites excluding steroid dienone is 1. The lowest BCUT2D eigenvalue weighted by Crippen LogP contribution is -2.33. The topological polar surface area (TPSA) is 105 Å². The van der Waals surface area contributed by atoms with Crippen molar-refractivity contribution in [2.75, 3.05) is 7.05 Å². The summed E-state index contributed by atoms with van der Waals surface area (Å²) in [6.45, 7) is 7.40. The molecule has 0 radical (unpaired) electrons. The van der Waals surface area contributed by atoms with Crippen LogP contribution in [0.25, 0.3) is 0 Å². The summed E-state index contributed by atoms with van der Waals surface area (Å²) in [5.74, 6) is 0.342. The van der Waals surface area contributed by atoms with E-state index in [1.807, 2.05) is 19.9 Å². The van der Waals surface area contributed by atoms with E-state index in [4.69, 9.17) is 9.47 Å². The number of nitrogens with one attached hydrogen (secondary N) is 1. The molecule has 3 N–H and O–H groups in total. The summed E-state index contributed by atoms with van der Waals surface area (Å²) in [7, 11) is 1.63. The minimum Gasteiger partial charge on any atom is -0.508 e. The number of ether oxygens (including phenoxy) is 2. The molecule has 7 nitrogen and oxygen atoms in total. The van der Waals surface area contributed by atoms with E-state index in [1.54, 1.807) is 25.3 Å². The summed E-state index contributed by atoms with van der Waals surface area (Å²) in [6.07, 6.45) is 5.68. The summed E-state index contributed by atoms with van der Waals surface area (Å²) in [5, 5.41) is 22.2. The molecule has 2 heterocycles. The van der Waals surface area contributed by atoms with Crippen LogP contribution in [-0.2, 0) is 19.9 Å². The molecule has 0 bridgehead atoms. The second kappa shape index (κ2) is 9.01. The smallest absolute Gasteiger partial charge is 0.340 e. The van der Waals surface area contributed by atoms with E-state index < -0.39 is 11.6 Å². The Bertz CT molecular complexity index is 1090. The standard InChI is InChI=1S/C21H16O5.C4H9NO/c1-3-5-15-14(4-2)20(24)26-21(15)16-8-6-12(22)10-18(16)25-19-11-13(23)7-9-17(19)21;1-3-4(6)5-2/h3-11,22-23H,2H2,1H3;3H2,1-2H3,(H,5,6)/b5-3-;. The van der Waals surface area contributed by atoms with Crippen LogP contribution in [0.4, 0.5) is 0 Å². The quantitative estimate of drug-likeness (QED) is 0.624. The van der Waals surface area contributed by atoms with Crippen LogP contribution in [0.2, 0.25) is 0 Å². The van der Waals surface area contributed by atoms with E-state index in [-0.39, 0.29) is 17.4 Å². The normalized spacial score (nSPS) is 15.3. The molecular formula is C25H25NO6.